The fourth-order valence-corrected chi connectivity index (χ4v) is 3.99. The SMILES string of the molecule is Cc1cn2cc(NC(=O)c3cnc(N4CCC(n5ccnc5)CC4)cn3)nc(C)c2n1. The zero-order valence-electron chi connectivity index (χ0n) is 17.4. The molecular formula is C21H23N9O. The molecule has 10 heteroatoms. The molecule has 158 valence electrons. The minimum Gasteiger partial charge on any atom is -0.355 e. The van der Waals surface area contributed by atoms with Gasteiger partial charge in [-0.15, -0.1) is 0 Å². The molecule has 1 fully saturated rings. The number of rotatable bonds is 4. The molecule has 0 bridgehead atoms. The van der Waals surface area contributed by atoms with Crippen LogP contribution < -0.4 is 10.2 Å². The average Bonchev–Trinajstić information content (AvgIpc) is 3.44. The molecule has 5 heterocycles. The van der Waals surface area contributed by atoms with E-state index in [-0.39, 0.29) is 11.6 Å². The number of amides is 1. The molecule has 10 nitrogen and oxygen atoms in total. The van der Waals surface area contributed by atoms with E-state index in [1.54, 1.807) is 12.4 Å². The molecule has 0 unspecified atom stereocenters. The monoisotopic (exact) mass is 417 g/mol. The Hall–Kier alpha value is -3.82. The molecule has 0 aromatic carbocycles. The van der Waals surface area contributed by atoms with E-state index in [1.165, 1.54) is 6.20 Å². The largest absolute Gasteiger partial charge is 0.355 e. The Labute approximate surface area is 179 Å². The molecule has 1 amide bonds. The number of anilines is 2. The number of carbonyl (C=O) groups excluding carboxylic acids is 1. The van der Waals surface area contributed by atoms with Gasteiger partial charge < -0.3 is 19.2 Å². The maximum absolute atomic E-state index is 12.6. The van der Waals surface area contributed by atoms with E-state index in [4.69, 9.17) is 0 Å². The van der Waals surface area contributed by atoms with E-state index in [2.05, 4.69) is 39.7 Å². The molecule has 0 spiro atoms. The average molecular weight is 417 g/mol. The lowest BCUT2D eigenvalue weighted by atomic mass is 10.1. The number of hydrogen-bond acceptors (Lipinski definition) is 7. The van der Waals surface area contributed by atoms with Crippen molar-refractivity contribution in [3.05, 3.63) is 60.6 Å². The molecule has 5 rings (SSSR count). The standard InChI is InChI=1S/C21H23N9O/c1-14-11-30-12-18(26-15(2)20(30)25-14)27-21(31)17-9-24-19(10-23-17)28-6-3-16(4-7-28)29-8-5-22-13-29/h5,8-13,16H,3-4,6-7H2,1-2H3,(H,27,31). The van der Waals surface area contributed by atoms with Crippen molar-refractivity contribution in [3.63, 3.8) is 0 Å². The lowest BCUT2D eigenvalue weighted by Crippen LogP contribution is -2.35. The summed E-state index contributed by atoms with van der Waals surface area (Å²) >= 11 is 0. The van der Waals surface area contributed by atoms with Gasteiger partial charge in [-0.2, -0.15) is 0 Å². The van der Waals surface area contributed by atoms with Crippen molar-refractivity contribution in [2.75, 3.05) is 23.3 Å². The van der Waals surface area contributed by atoms with Crippen LogP contribution in [0, 0.1) is 13.8 Å². The first-order valence-corrected chi connectivity index (χ1v) is 10.3. The number of nitrogens with one attached hydrogen (secondary N) is 1. The van der Waals surface area contributed by atoms with Crippen LogP contribution in [0.25, 0.3) is 5.65 Å². The first kappa shape index (κ1) is 19.2. The van der Waals surface area contributed by atoms with Gasteiger partial charge in [0.05, 0.1) is 36.3 Å². The van der Waals surface area contributed by atoms with Crippen LogP contribution in [-0.2, 0) is 0 Å². The first-order valence-electron chi connectivity index (χ1n) is 10.3. The highest BCUT2D eigenvalue weighted by Crippen LogP contribution is 2.25. The van der Waals surface area contributed by atoms with E-state index < -0.39 is 0 Å². The van der Waals surface area contributed by atoms with E-state index in [0.29, 0.717) is 11.9 Å². The molecule has 31 heavy (non-hydrogen) atoms. The zero-order valence-corrected chi connectivity index (χ0v) is 17.4. The van der Waals surface area contributed by atoms with Crippen molar-refractivity contribution >= 4 is 23.2 Å². The van der Waals surface area contributed by atoms with Crippen molar-refractivity contribution in [3.8, 4) is 0 Å². The molecule has 4 aromatic heterocycles. The highest BCUT2D eigenvalue weighted by Gasteiger charge is 2.21. The topological polar surface area (TPSA) is 106 Å². The molecule has 0 saturated carbocycles. The maximum atomic E-state index is 12.6. The summed E-state index contributed by atoms with van der Waals surface area (Å²) < 4.78 is 4.02. The van der Waals surface area contributed by atoms with Crippen molar-refractivity contribution in [2.45, 2.75) is 32.7 Å². The Morgan fingerprint density at radius 2 is 1.94 bits per heavy atom. The second-order valence-corrected chi connectivity index (χ2v) is 7.77. The van der Waals surface area contributed by atoms with Gasteiger partial charge in [-0.3, -0.25) is 4.79 Å². The quantitative estimate of drug-likeness (QED) is 0.543. The Morgan fingerprint density at radius 1 is 1.10 bits per heavy atom. The molecule has 4 aromatic rings. The van der Waals surface area contributed by atoms with Crippen molar-refractivity contribution in [1.82, 2.24) is 33.9 Å². The van der Waals surface area contributed by atoms with Crippen LogP contribution in [-0.4, -0.2) is 52.9 Å². The Balaban J connectivity index is 1.24. The van der Waals surface area contributed by atoms with Gasteiger partial charge >= 0.3 is 0 Å². The third-order valence-electron chi connectivity index (χ3n) is 5.57. The van der Waals surface area contributed by atoms with E-state index in [9.17, 15) is 4.79 Å². The number of nitrogens with zero attached hydrogens (tertiary/aromatic N) is 8. The van der Waals surface area contributed by atoms with Crippen LogP contribution in [0.2, 0.25) is 0 Å². The summed E-state index contributed by atoms with van der Waals surface area (Å²) in [5.41, 5.74) is 2.66. The van der Waals surface area contributed by atoms with Crippen LogP contribution >= 0.6 is 0 Å². The van der Waals surface area contributed by atoms with Gasteiger partial charge in [-0.25, -0.2) is 24.9 Å². The molecule has 1 aliphatic rings. The summed E-state index contributed by atoms with van der Waals surface area (Å²) in [4.78, 5) is 36.6. The first-order chi connectivity index (χ1) is 15.1. The number of imidazole rings is 2. The number of aromatic nitrogens is 7. The van der Waals surface area contributed by atoms with Crippen molar-refractivity contribution in [2.24, 2.45) is 0 Å². The Kier molecular flexibility index (Phi) is 4.81. The van der Waals surface area contributed by atoms with Crippen molar-refractivity contribution < 1.29 is 4.79 Å². The second kappa shape index (κ2) is 7.78. The third kappa shape index (κ3) is 3.83. The van der Waals surface area contributed by atoms with Crippen LogP contribution in [0.1, 0.15) is 40.8 Å². The van der Waals surface area contributed by atoms with Crippen LogP contribution in [0.5, 0.6) is 0 Å². The minimum absolute atomic E-state index is 0.249. The van der Waals surface area contributed by atoms with E-state index in [1.807, 2.05) is 43.2 Å². The highest BCUT2D eigenvalue weighted by molar-refractivity contribution is 6.02. The van der Waals surface area contributed by atoms with Gasteiger partial charge in [0.2, 0.25) is 0 Å². The number of aryl methyl sites for hydroxylation is 2. The minimum atomic E-state index is -0.346. The molecular weight excluding hydrogens is 394 g/mol. The second-order valence-electron chi connectivity index (χ2n) is 7.77. The highest BCUT2D eigenvalue weighted by atomic mass is 16.2. The number of hydrogen-bond donors (Lipinski definition) is 1. The fraction of sp³-hybridized carbons (Fsp3) is 0.333. The maximum Gasteiger partial charge on any atom is 0.277 e. The summed E-state index contributed by atoms with van der Waals surface area (Å²) in [6, 6.07) is 0.462. The van der Waals surface area contributed by atoms with Gasteiger partial charge in [0.25, 0.3) is 5.91 Å². The van der Waals surface area contributed by atoms with Gasteiger partial charge in [-0.1, -0.05) is 0 Å². The summed E-state index contributed by atoms with van der Waals surface area (Å²) in [7, 11) is 0. The van der Waals surface area contributed by atoms with Gasteiger partial charge in [0.1, 0.15) is 17.3 Å². The molecule has 0 atom stereocenters. The van der Waals surface area contributed by atoms with Gasteiger partial charge in [-0.05, 0) is 26.7 Å². The number of fused-ring (bicyclic) bond motifs is 1. The summed E-state index contributed by atoms with van der Waals surface area (Å²) in [5, 5.41) is 2.80. The Bertz CT molecular complexity index is 1210. The van der Waals surface area contributed by atoms with Gasteiger partial charge in [0.15, 0.2) is 5.65 Å². The third-order valence-corrected chi connectivity index (χ3v) is 5.57. The van der Waals surface area contributed by atoms with Crippen LogP contribution in [0.4, 0.5) is 11.6 Å². The zero-order chi connectivity index (χ0) is 21.4. The van der Waals surface area contributed by atoms with Crippen LogP contribution in [0.3, 0.4) is 0 Å². The smallest absolute Gasteiger partial charge is 0.277 e. The lowest BCUT2D eigenvalue weighted by molar-refractivity contribution is 0.102. The lowest BCUT2D eigenvalue weighted by Gasteiger charge is -2.33. The molecule has 1 saturated heterocycles. The summed E-state index contributed by atoms with van der Waals surface area (Å²) in [6.45, 7) is 5.55. The number of carbonyl (C=O) groups is 1. The summed E-state index contributed by atoms with van der Waals surface area (Å²) in [5.74, 6) is 0.880. The molecule has 0 aliphatic carbocycles. The van der Waals surface area contributed by atoms with Crippen molar-refractivity contribution in [1.29, 1.82) is 0 Å². The predicted molar refractivity (Wildman–Crippen MR) is 115 cm³/mol. The van der Waals surface area contributed by atoms with Crippen LogP contribution in [0.15, 0.2) is 43.5 Å². The molecule has 1 aliphatic heterocycles. The van der Waals surface area contributed by atoms with E-state index in [0.717, 1.165) is 48.8 Å². The normalized spacial score (nSPS) is 14.8. The Morgan fingerprint density at radius 3 is 2.65 bits per heavy atom. The molecule has 1 N–H and O–H groups in total. The molecule has 0 radical (unpaired) electrons. The van der Waals surface area contributed by atoms with E-state index >= 15 is 0 Å². The summed E-state index contributed by atoms with van der Waals surface area (Å²) in [6.07, 6.45) is 14.5. The fourth-order valence-electron chi connectivity index (χ4n) is 3.99. The predicted octanol–water partition coefficient (Wildman–Crippen LogP) is 2.43. The van der Waals surface area contributed by atoms with Gasteiger partial charge in [0, 0.05) is 37.7 Å². The number of piperidine rings is 1.